The van der Waals surface area contributed by atoms with Crippen LogP contribution in [-0.4, -0.2) is 83.1 Å². The van der Waals surface area contributed by atoms with E-state index in [-0.39, 0.29) is 23.8 Å². The van der Waals surface area contributed by atoms with Gasteiger partial charge in [0.2, 0.25) is 11.8 Å². The number of carbonyl (C=O) groups excluding carboxylic acids is 2. The summed E-state index contributed by atoms with van der Waals surface area (Å²) < 4.78 is 41.0. The molecule has 10 nitrogen and oxygen atoms in total. The van der Waals surface area contributed by atoms with Crippen molar-refractivity contribution in [2.24, 2.45) is 16.1 Å². The lowest BCUT2D eigenvalue weighted by atomic mass is 9.97. The second kappa shape index (κ2) is 15.7. The Hall–Kier alpha value is -4.04. The predicted octanol–water partition coefficient (Wildman–Crippen LogP) is 6.55. The molecule has 0 saturated carbocycles. The quantitative estimate of drug-likeness (QED) is 0.105. The van der Waals surface area contributed by atoms with Gasteiger partial charge in [-0.1, -0.05) is 54.4 Å². The van der Waals surface area contributed by atoms with Crippen LogP contribution in [0.1, 0.15) is 78.7 Å². The highest BCUT2D eigenvalue weighted by atomic mass is 32.2. The molecule has 2 fully saturated rings. The molecule has 1 aromatic heterocycles. The Bertz CT molecular complexity index is 1860. The number of alkyl halides is 3. The molecule has 2 saturated heterocycles. The summed E-state index contributed by atoms with van der Waals surface area (Å²) in [6.07, 6.45) is 2.22. The van der Waals surface area contributed by atoms with Crippen molar-refractivity contribution in [2.45, 2.75) is 87.8 Å². The molecule has 0 bridgehead atoms. The summed E-state index contributed by atoms with van der Waals surface area (Å²) in [7, 11) is 2.08. The lowest BCUT2D eigenvalue weighted by molar-refractivity contribution is -0.166. The van der Waals surface area contributed by atoms with Crippen LogP contribution in [0, 0.1) is 12.8 Å². The van der Waals surface area contributed by atoms with E-state index in [0.29, 0.717) is 60.9 Å². The smallest absolute Gasteiger partial charge is 0.369 e. The van der Waals surface area contributed by atoms with Gasteiger partial charge in [0.15, 0.2) is 0 Å². The van der Waals surface area contributed by atoms with Gasteiger partial charge in [0.1, 0.15) is 11.6 Å². The number of halogens is 3. The molecule has 0 radical (unpaired) electrons. The Morgan fingerprint density at radius 3 is 2.66 bits per heavy atom. The Morgan fingerprint density at radius 2 is 1.87 bits per heavy atom. The number of carbonyl (C=O) groups is 2. The number of fused-ring (bicyclic) bond motifs is 4. The predicted molar refractivity (Wildman–Crippen MR) is 200 cm³/mol. The largest absolute Gasteiger partial charge is 0.442 e. The van der Waals surface area contributed by atoms with Crippen molar-refractivity contribution in [3.05, 3.63) is 76.2 Å². The molecule has 4 heterocycles. The molecule has 3 atom stereocenters. The zero-order chi connectivity index (χ0) is 37.2. The molecule has 2 amide bonds. The van der Waals surface area contributed by atoms with Gasteiger partial charge in [-0.3, -0.25) is 9.59 Å². The van der Waals surface area contributed by atoms with Crippen molar-refractivity contribution < 1.29 is 22.8 Å². The Kier molecular flexibility index (Phi) is 11.1. The van der Waals surface area contributed by atoms with Crippen LogP contribution in [0.5, 0.6) is 0 Å². The fourth-order valence-electron chi connectivity index (χ4n) is 7.86. The molecule has 3 N–H and O–H groups in total. The molecule has 3 aliphatic heterocycles. The third-order valence-electron chi connectivity index (χ3n) is 10.7. The van der Waals surface area contributed by atoms with E-state index < -0.39 is 11.8 Å². The molecular weight excluding hydrogens is 702 g/mol. The third kappa shape index (κ3) is 8.53. The minimum atomic E-state index is -4.59. The number of thioether (sulfide) groups is 1. The Labute approximate surface area is 312 Å². The fraction of sp³-hybridized carbons (Fsp3) is 0.538. The Balaban J connectivity index is 0.862. The van der Waals surface area contributed by atoms with Crippen LogP contribution in [-0.2, 0) is 28.1 Å². The van der Waals surface area contributed by atoms with Gasteiger partial charge in [-0.25, -0.2) is 9.97 Å². The first-order valence-corrected chi connectivity index (χ1v) is 19.7. The van der Waals surface area contributed by atoms with Gasteiger partial charge in [-0.05, 0) is 81.1 Å². The summed E-state index contributed by atoms with van der Waals surface area (Å²) in [5.74, 6) is 3.11. The second-order valence-electron chi connectivity index (χ2n) is 14.9. The molecule has 0 spiro atoms. The standard InChI is InChI=1S/C39H47F3N8O2S/c1-24-12-13-29-26(18-24)21-30-35(29)37(46-32(45-30)20-25-8-5-9-28(19-25)38(48-49-38)39(40,41)42)44-15-7-17-50(2)16-6-14-43-33(51)11-4-3-10-31-36-27(23-53-31)22-34(52)47-36/h5,8-9,12-13,18-19,27,31,36H,3-4,6-7,10-11,14-17,20-23H2,1-2H3,(H,43,51)(H,47,52)(H,44,45,46). The molecule has 2 aromatic carbocycles. The van der Waals surface area contributed by atoms with Crippen LogP contribution in [0.4, 0.5) is 19.0 Å². The van der Waals surface area contributed by atoms with E-state index in [1.54, 1.807) is 12.1 Å². The number of nitrogens with one attached hydrogen (secondary N) is 3. The van der Waals surface area contributed by atoms with E-state index >= 15 is 0 Å². The lowest BCUT2D eigenvalue weighted by Gasteiger charge is -2.18. The summed E-state index contributed by atoms with van der Waals surface area (Å²) >= 11 is 1.97. The number of hydrogen-bond donors (Lipinski definition) is 3. The highest BCUT2D eigenvalue weighted by Gasteiger charge is 2.65. The molecule has 282 valence electrons. The van der Waals surface area contributed by atoms with Crippen molar-refractivity contribution in [1.29, 1.82) is 0 Å². The maximum atomic E-state index is 13.7. The number of rotatable bonds is 17. The van der Waals surface area contributed by atoms with Crippen LogP contribution in [0.25, 0.3) is 11.1 Å². The van der Waals surface area contributed by atoms with E-state index in [1.165, 1.54) is 23.3 Å². The van der Waals surface area contributed by atoms with E-state index in [9.17, 15) is 22.8 Å². The monoisotopic (exact) mass is 748 g/mol. The zero-order valence-corrected chi connectivity index (χ0v) is 31.1. The third-order valence-corrected chi connectivity index (χ3v) is 12.3. The molecule has 1 aliphatic carbocycles. The first-order chi connectivity index (χ1) is 25.5. The number of anilines is 1. The highest BCUT2D eigenvalue weighted by molar-refractivity contribution is 8.00. The summed E-state index contributed by atoms with van der Waals surface area (Å²) in [4.78, 5) is 36.1. The van der Waals surface area contributed by atoms with Crippen molar-refractivity contribution in [3.63, 3.8) is 0 Å². The van der Waals surface area contributed by atoms with E-state index in [0.717, 1.165) is 73.6 Å². The van der Waals surface area contributed by atoms with E-state index in [2.05, 4.69) is 63.2 Å². The van der Waals surface area contributed by atoms with Gasteiger partial charge in [0.05, 0.1) is 5.69 Å². The van der Waals surface area contributed by atoms with Crippen molar-refractivity contribution in [3.8, 4) is 11.1 Å². The SMILES string of the molecule is Cc1ccc2c(c1)Cc1nc(Cc3cccc(C4(C(F)(F)F)N=N4)c3)nc(NCCCN(C)CCCNC(=O)CCCCC3SCC4CC(=O)NC43)c1-2. The minimum Gasteiger partial charge on any atom is -0.369 e. The number of aryl methyl sites for hydroxylation is 1. The lowest BCUT2D eigenvalue weighted by Crippen LogP contribution is -2.34. The van der Waals surface area contributed by atoms with Crippen molar-refractivity contribution in [1.82, 2.24) is 25.5 Å². The molecule has 3 aromatic rings. The Morgan fingerprint density at radius 1 is 1.06 bits per heavy atom. The summed E-state index contributed by atoms with van der Waals surface area (Å²) in [5.41, 5.74) is 3.56. The second-order valence-corrected chi connectivity index (χ2v) is 16.1. The molecule has 7 rings (SSSR count). The van der Waals surface area contributed by atoms with Crippen LogP contribution < -0.4 is 16.0 Å². The number of benzene rings is 2. The maximum Gasteiger partial charge on any atom is 0.442 e. The van der Waals surface area contributed by atoms with E-state index in [4.69, 9.17) is 9.97 Å². The van der Waals surface area contributed by atoms with Gasteiger partial charge in [0, 0.05) is 61.2 Å². The molecule has 53 heavy (non-hydrogen) atoms. The molecular formula is C39H47F3N8O2S. The van der Waals surface area contributed by atoms with Gasteiger partial charge >= 0.3 is 11.8 Å². The van der Waals surface area contributed by atoms with Gasteiger partial charge < -0.3 is 20.9 Å². The van der Waals surface area contributed by atoms with Crippen LogP contribution in [0.3, 0.4) is 0 Å². The normalized spacial score (nSPS) is 20.6. The summed E-state index contributed by atoms with van der Waals surface area (Å²) in [5, 5.41) is 16.9. The van der Waals surface area contributed by atoms with Gasteiger partial charge in [0.25, 0.3) is 0 Å². The van der Waals surface area contributed by atoms with E-state index in [1.807, 2.05) is 11.8 Å². The maximum absolute atomic E-state index is 13.7. The van der Waals surface area contributed by atoms with Crippen LogP contribution >= 0.6 is 11.8 Å². The molecule has 3 unspecified atom stereocenters. The number of aromatic nitrogens is 2. The number of unbranched alkanes of at least 4 members (excludes halogenated alkanes) is 1. The van der Waals surface area contributed by atoms with Crippen molar-refractivity contribution in [2.75, 3.05) is 44.3 Å². The van der Waals surface area contributed by atoms with Gasteiger partial charge in [-0.15, -0.1) is 10.2 Å². The van der Waals surface area contributed by atoms with Crippen molar-refractivity contribution >= 4 is 29.4 Å². The molecule has 14 heteroatoms. The first kappa shape index (κ1) is 37.3. The average molecular weight is 749 g/mol. The fourth-order valence-corrected chi connectivity index (χ4v) is 9.51. The number of hydrogen-bond acceptors (Lipinski definition) is 9. The minimum absolute atomic E-state index is 0.00123. The zero-order valence-electron chi connectivity index (χ0n) is 30.3. The topological polar surface area (TPSA) is 124 Å². The highest BCUT2D eigenvalue weighted by Crippen LogP contribution is 2.52. The van der Waals surface area contributed by atoms with Crippen LogP contribution in [0.2, 0.25) is 0 Å². The van der Waals surface area contributed by atoms with Crippen LogP contribution in [0.15, 0.2) is 52.7 Å². The van der Waals surface area contributed by atoms with Gasteiger partial charge in [-0.2, -0.15) is 24.9 Å². The molecule has 4 aliphatic rings. The first-order valence-electron chi connectivity index (χ1n) is 18.7. The average Bonchev–Trinajstić information content (AvgIpc) is 3.60. The number of amides is 2. The summed E-state index contributed by atoms with van der Waals surface area (Å²) in [6, 6.07) is 13.0. The number of nitrogens with zero attached hydrogens (tertiary/aromatic N) is 5. The summed E-state index contributed by atoms with van der Waals surface area (Å²) in [6.45, 7) is 5.12.